The van der Waals surface area contributed by atoms with E-state index in [1.165, 1.54) is 7.11 Å². The summed E-state index contributed by atoms with van der Waals surface area (Å²) in [6.45, 7) is -0.279. The summed E-state index contributed by atoms with van der Waals surface area (Å²) < 4.78 is 16.3. The van der Waals surface area contributed by atoms with Gasteiger partial charge in [-0.05, 0) is 30.3 Å². The molecular weight excluding hydrogens is 365 g/mol. The van der Waals surface area contributed by atoms with Crippen molar-refractivity contribution < 1.29 is 19.1 Å². The molecule has 0 aliphatic rings. The standard InChI is InChI=1S/C18H15Cl2NO4/c1-23-15-5-3-4-13(18(15)24-2)17-14(9-22)16(21-25-17)10-6-11(19)8-12(20)7-10/h3-8,22H,9H2,1-2H3. The Morgan fingerprint density at radius 1 is 1.08 bits per heavy atom. The van der Waals surface area contributed by atoms with E-state index < -0.39 is 0 Å². The molecule has 0 saturated carbocycles. The summed E-state index contributed by atoms with van der Waals surface area (Å²) >= 11 is 12.1. The predicted molar refractivity (Wildman–Crippen MR) is 96.4 cm³/mol. The number of hydrogen-bond donors (Lipinski definition) is 1. The van der Waals surface area contributed by atoms with E-state index in [-0.39, 0.29) is 6.61 Å². The van der Waals surface area contributed by atoms with Gasteiger partial charge in [0, 0.05) is 15.6 Å². The maximum atomic E-state index is 9.90. The zero-order valence-electron chi connectivity index (χ0n) is 13.5. The van der Waals surface area contributed by atoms with Crippen LogP contribution in [0.3, 0.4) is 0 Å². The van der Waals surface area contributed by atoms with Gasteiger partial charge < -0.3 is 19.1 Å². The molecule has 7 heteroatoms. The third-order valence-corrected chi connectivity index (χ3v) is 4.17. The third-order valence-electron chi connectivity index (χ3n) is 3.73. The quantitative estimate of drug-likeness (QED) is 0.687. The number of aliphatic hydroxyl groups is 1. The van der Waals surface area contributed by atoms with E-state index in [1.54, 1.807) is 43.5 Å². The Morgan fingerprint density at radius 3 is 2.40 bits per heavy atom. The predicted octanol–water partition coefficient (Wildman–Crippen LogP) is 4.82. The van der Waals surface area contributed by atoms with Crippen LogP contribution in [-0.2, 0) is 6.61 Å². The molecule has 3 rings (SSSR count). The van der Waals surface area contributed by atoms with Gasteiger partial charge >= 0.3 is 0 Å². The minimum Gasteiger partial charge on any atom is -0.493 e. The van der Waals surface area contributed by atoms with Crippen LogP contribution in [0.15, 0.2) is 40.9 Å². The number of benzene rings is 2. The Bertz CT molecular complexity index is 888. The first kappa shape index (κ1) is 17.6. The number of aliphatic hydroxyl groups excluding tert-OH is 1. The lowest BCUT2D eigenvalue weighted by molar-refractivity contribution is 0.281. The van der Waals surface area contributed by atoms with Crippen LogP contribution in [0.5, 0.6) is 11.5 Å². The Labute approximate surface area is 154 Å². The van der Waals surface area contributed by atoms with Crippen molar-refractivity contribution in [2.75, 3.05) is 14.2 Å². The van der Waals surface area contributed by atoms with Gasteiger partial charge in [0.1, 0.15) is 5.69 Å². The molecule has 0 amide bonds. The number of para-hydroxylation sites is 1. The normalized spacial score (nSPS) is 10.8. The molecule has 0 spiro atoms. The fourth-order valence-corrected chi connectivity index (χ4v) is 3.18. The molecule has 0 fully saturated rings. The van der Waals surface area contributed by atoms with Gasteiger partial charge in [-0.1, -0.05) is 34.4 Å². The van der Waals surface area contributed by atoms with Crippen molar-refractivity contribution in [1.29, 1.82) is 0 Å². The van der Waals surface area contributed by atoms with Crippen LogP contribution in [0.4, 0.5) is 0 Å². The van der Waals surface area contributed by atoms with Crippen LogP contribution in [0.25, 0.3) is 22.6 Å². The molecule has 0 aliphatic heterocycles. The average molecular weight is 380 g/mol. The molecule has 130 valence electrons. The molecule has 0 radical (unpaired) electrons. The lowest BCUT2D eigenvalue weighted by Gasteiger charge is -2.11. The third kappa shape index (κ3) is 3.31. The zero-order valence-corrected chi connectivity index (χ0v) is 15.1. The average Bonchev–Trinajstić information content (AvgIpc) is 3.03. The molecule has 25 heavy (non-hydrogen) atoms. The highest BCUT2D eigenvalue weighted by Crippen LogP contribution is 2.42. The van der Waals surface area contributed by atoms with Crippen molar-refractivity contribution >= 4 is 23.2 Å². The van der Waals surface area contributed by atoms with E-state index in [2.05, 4.69) is 5.16 Å². The lowest BCUT2D eigenvalue weighted by Crippen LogP contribution is -1.95. The number of rotatable bonds is 5. The Morgan fingerprint density at radius 2 is 1.80 bits per heavy atom. The zero-order chi connectivity index (χ0) is 18.0. The molecule has 0 unspecified atom stereocenters. The minimum atomic E-state index is -0.279. The number of nitrogens with zero attached hydrogens (tertiary/aromatic N) is 1. The van der Waals surface area contributed by atoms with E-state index in [9.17, 15) is 5.11 Å². The summed E-state index contributed by atoms with van der Waals surface area (Å²) in [6, 6.07) is 10.4. The Hall–Kier alpha value is -2.21. The van der Waals surface area contributed by atoms with Gasteiger partial charge in [0.2, 0.25) is 0 Å². The summed E-state index contributed by atoms with van der Waals surface area (Å²) in [4.78, 5) is 0. The molecule has 0 aliphatic carbocycles. The Balaban J connectivity index is 2.19. The van der Waals surface area contributed by atoms with Gasteiger partial charge in [-0.3, -0.25) is 0 Å². The number of methoxy groups -OCH3 is 2. The number of aromatic nitrogens is 1. The van der Waals surface area contributed by atoms with Crippen molar-refractivity contribution in [2.24, 2.45) is 0 Å². The monoisotopic (exact) mass is 379 g/mol. The van der Waals surface area contributed by atoms with Crippen LogP contribution < -0.4 is 9.47 Å². The maximum absolute atomic E-state index is 9.90. The minimum absolute atomic E-state index is 0.279. The summed E-state index contributed by atoms with van der Waals surface area (Å²) in [6.07, 6.45) is 0. The topological polar surface area (TPSA) is 64.7 Å². The van der Waals surface area contributed by atoms with E-state index in [0.29, 0.717) is 49.7 Å². The second kappa shape index (κ2) is 7.35. The van der Waals surface area contributed by atoms with Crippen molar-refractivity contribution in [1.82, 2.24) is 5.16 Å². The smallest absolute Gasteiger partial charge is 0.176 e. The molecule has 0 saturated heterocycles. The van der Waals surface area contributed by atoms with Crippen LogP contribution in [0, 0.1) is 0 Å². The van der Waals surface area contributed by atoms with Crippen molar-refractivity contribution in [2.45, 2.75) is 6.61 Å². The molecule has 1 heterocycles. The lowest BCUT2D eigenvalue weighted by atomic mass is 10.0. The maximum Gasteiger partial charge on any atom is 0.176 e. The van der Waals surface area contributed by atoms with Crippen molar-refractivity contribution in [3.8, 4) is 34.1 Å². The first-order valence-corrected chi connectivity index (χ1v) is 8.11. The molecule has 3 aromatic rings. The Kier molecular flexibility index (Phi) is 5.18. The molecule has 0 atom stereocenters. The number of hydrogen-bond acceptors (Lipinski definition) is 5. The van der Waals surface area contributed by atoms with Gasteiger partial charge in [0.15, 0.2) is 17.3 Å². The second-order valence-electron chi connectivity index (χ2n) is 5.20. The first-order valence-electron chi connectivity index (χ1n) is 7.36. The van der Waals surface area contributed by atoms with Gasteiger partial charge in [-0.15, -0.1) is 0 Å². The van der Waals surface area contributed by atoms with Crippen molar-refractivity contribution in [3.63, 3.8) is 0 Å². The molecule has 1 N–H and O–H groups in total. The van der Waals surface area contributed by atoms with Gasteiger partial charge in [-0.2, -0.15) is 0 Å². The van der Waals surface area contributed by atoms with Crippen LogP contribution in [0.1, 0.15) is 5.56 Å². The van der Waals surface area contributed by atoms with Crippen LogP contribution >= 0.6 is 23.2 Å². The van der Waals surface area contributed by atoms with Gasteiger partial charge in [0.25, 0.3) is 0 Å². The SMILES string of the molecule is COc1cccc(-c2onc(-c3cc(Cl)cc(Cl)c3)c2CO)c1OC. The molecular formula is C18H15Cl2NO4. The fraction of sp³-hybridized carbons (Fsp3) is 0.167. The number of halogens is 2. The van der Waals surface area contributed by atoms with E-state index in [1.807, 2.05) is 0 Å². The van der Waals surface area contributed by atoms with Crippen molar-refractivity contribution in [3.05, 3.63) is 52.0 Å². The van der Waals surface area contributed by atoms with Gasteiger partial charge in [0.05, 0.1) is 32.0 Å². The highest BCUT2D eigenvalue weighted by Gasteiger charge is 2.23. The summed E-state index contributed by atoms with van der Waals surface area (Å²) in [5, 5.41) is 14.9. The molecule has 1 aromatic heterocycles. The fourth-order valence-electron chi connectivity index (χ4n) is 2.65. The van der Waals surface area contributed by atoms with Gasteiger partial charge in [-0.25, -0.2) is 0 Å². The van der Waals surface area contributed by atoms with E-state index >= 15 is 0 Å². The second-order valence-corrected chi connectivity index (χ2v) is 6.07. The van der Waals surface area contributed by atoms with E-state index in [4.69, 9.17) is 37.2 Å². The largest absolute Gasteiger partial charge is 0.493 e. The first-order chi connectivity index (χ1) is 12.1. The molecule has 0 bridgehead atoms. The summed E-state index contributed by atoms with van der Waals surface area (Å²) in [5.74, 6) is 1.43. The molecule has 2 aromatic carbocycles. The summed E-state index contributed by atoms with van der Waals surface area (Å²) in [7, 11) is 3.09. The summed E-state index contributed by atoms with van der Waals surface area (Å²) in [5.41, 5.74) is 2.24. The highest BCUT2D eigenvalue weighted by atomic mass is 35.5. The molecule has 5 nitrogen and oxygen atoms in total. The van der Waals surface area contributed by atoms with Crippen LogP contribution in [-0.4, -0.2) is 24.5 Å². The van der Waals surface area contributed by atoms with E-state index in [0.717, 1.165) is 0 Å². The highest BCUT2D eigenvalue weighted by molar-refractivity contribution is 6.35. The van der Waals surface area contributed by atoms with Crippen LogP contribution in [0.2, 0.25) is 10.0 Å². The number of ether oxygens (including phenoxy) is 2.